The highest BCUT2D eigenvalue weighted by Gasteiger charge is 2.15. The van der Waals surface area contributed by atoms with Crippen LogP contribution in [0.2, 0.25) is 0 Å². The first-order valence-corrected chi connectivity index (χ1v) is 13.4. The van der Waals surface area contributed by atoms with E-state index in [1.165, 1.54) is 23.1 Å². The summed E-state index contributed by atoms with van der Waals surface area (Å²) in [7, 11) is 0. The average Bonchev–Trinajstić information content (AvgIpc) is 3.41. The molecule has 1 aromatic heterocycles. The Morgan fingerprint density at radius 1 is 0.865 bits per heavy atom. The van der Waals surface area contributed by atoms with E-state index in [2.05, 4.69) is 16.0 Å². The van der Waals surface area contributed by atoms with Gasteiger partial charge in [-0.3, -0.25) is 14.4 Å². The van der Waals surface area contributed by atoms with Gasteiger partial charge in [-0.15, -0.1) is 11.8 Å². The van der Waals surface area contributed by atoms with Crippen LogP contribution >= 0.6 is 23.1 Å². The molecule has 37 heavy (non-hydrogen) atoms. The molecule has 4 aromatic rings. The lowest BCUT2D eigenvalue weighted by Crippen LogP contribution is -2.30. The van der Waals surface area contributed by atoms with E-state index in [-0.39, 0.29) is 23.3 Å². The maximum atomic E-state index is 13.2. The average molecular weight is 528 g/mol. The van der Waals surface area contributed by atoms with Gasteiger partial charge >= 0.3 is 0 Å². The van der Waals surface area contributed by atoms with Crippen molar-refractivity contribution in [1.82, 2.24) is 5.32 Å². The van der Waals surface area contributed by atoms with Crippen LogP contribution in [-0.2, 0) is 9.59 Å². The van der Waals surface area contributed by atoms with Gasteiger partial charge in [0, 0.05) is 21.8 Å². The number of carbonyl (C=O) groups excluding carboxylic acids is 3. The van der Waals surface area contributed by atoms with Crippen LogP contribution in [0.15, 0.2) is 106 Å². The molecule has 6 nitrogen and oxygen atoms in total. The predicted octanol–water partition coefficient (Wildman–Crippen LogP) is 6.20. The van der Waals surface area contributed by atoms with Gasteiger partial charge in [0.15, 0.2) is 0 Å². The Hall–Kier alpha value is -4.14. The highest BCUT2D eigenvalue weighted by molar-refractivity contribution is 8.00. The number of amides is 3. The lowest BCUT2D eigenvalue weighted by atomic mass is 10.2. The molecule has 8 heteroatoms. The van der Waals surface area contributed by atoms with Crippen molar-refractivity contribution < 1.29 is 14.4 Å². The number of hydrogen-bond donors (Lipinski definition) is 3. The summed E-state index contributed by atoms with van der Waals surface area (Å²) >= 11 is 2.87. The Morgan fingerprint density at radius 2 is 1.62 bits per heavy atom. The first-order valence-electron chi connectivity index (χ1n) is 11.5. The maximum Gasteiger partial charge on any atom is 0.272 e. The van der Waals surface area contributed by atoms with Gasteiger partial charge in [-0.05, 0) is 83.4 Å². The van der Waals surface area contributed by atoms with Crippen LogP contribution in [0.5, 0.6) is 0 Å². The van der Waals surface area contributed by atoms with Crippen LogP contribution in [0.1, 0.15) is 21.5 Å². The van der Waals surface area contributed by atoms with E-state index < -0.39 is 5.91 Å². The molecular weight excluding hydrogens is 502 g/mol. The molecule has 0 radical (unpaired) electrons. The van der Waals surface area contributed by atoms with Crippen molar-refractivity contribution in [3.05, 3.63) is 118 Å². The molecule has 3 aromatic carbocycles. The first-order chi connectivity index (χ1) is 18.0. The summed E-state index contributed by atoms with van der Waals surface area (Å²) in [5, 5.41) is 12.3. The highest BCUT2D eigenvalue weighted by Crippen LogP contribution is 2.23. The second-order valence-corrected chi connectivity index (χ2v) is 9.95. The largest absolute Gasteiger partial charge is 0.325 e. The molecule has 1 heterocycles. The van der Waals surface area contributed by atoms with Crippen molar-refractivity contribution in [1.29, 1.82) is 0 Å². The van der Waals surface area contributed by atoms with Crippen molar-refractivity contribution in [2.75, 3.05) is 16.4 Å². The molecule has 0 saturated carbocycles. The Balaban J connectivity index is 1.41. The molecule has 0 aliphatic carbocycles. The molecule has 0 spiro atoms. The van der Waals surface area contributed by atoms with Crippen LogP contribution < -0.4 is 16.0 Å². The lowest BCUT2D eigenvalue weighted by Gasteiger charge is -2.12. The summed E-state index contributed by atoms with van der Waals surface area (Å²) in [5.41, 5.74) is 3.78. The molecule has 0 bridgehead atoms. The molecule has 4 rings (SSSR count). The van der Waals surface area contributed by atoms with Gasteiger partial charge in [0.1, 0.15) is 5.70 Å². The van der Waals surface area contributed by atoms with Crippen LogP contribution in [0.3, 0.4) is 0 Å². The summed E-state index contributed by atoms with van der Waals surface area (Å²) in [5.74, 6) is -0.715. The summed E-state index contributed by atoms with van der Waals surface area (Å²) in [6.07, 6.45) is 1.64. The fourth-order valence-electron chi connectivity index (χ4n) is 3.40. The molecule has 186 valence electrons. The van der Waals surface area contributed by atoms with Crippen LogP contribution in [0, 0.1) is 6.92 Å². The second-order valence-electron chi connectivity index (χ2n) is 8.12. The van der Waals surface area contributed by atoms with E-state index in [1.54, 1.807) is 48.5 Å². The van der Waals surface area contributed by atoms with Gasteiger partial charge in [0.25, 0.3) is 11.8 Å². The number of rotatable bonds is 9. The number of benzene rings is 3. The zero-order valence-corrected chi connectivity index (χ0v) is 21.7. The van der Waals surface area contributed by atoms with Crippen molar-refractivity contribution in [2.24, 2.45) is 0 Å². The standard InChI is InChI=1S/C29H25N3O3S2/c1-20-7-5-10-23(15-20)30-27(33)19-37-25-12-6-11-24(17-25)31-29(35)26(16-21-13-14-36-18-21)32-28(34)22-8-3-2-4-9-22/h2-18H,19H2,1H3,(H,30,33)(H,31,35)(H,32,34)/b26-16-. The fourth-order valence-corrected chi connectivity index (χ4v) is 4.77. The zero-order valence-electron chi connectivity index (χ0n) is 20.1. The molecule has 3 amide bonds. The van der Waals surface area contributed by atoms with Crippen LogP contribution in [-0.4, -0.2) is 23.5 Å². The number of anilines is 2. The monoisotopic (exact) mass is 527 g/mol. The summed E-state index contributed by atoms with van der Waals surface area (Å²) in [4.78, 5) is 39.1. The minimum absolute atomic E-state index is 0.116. The van der Waals surface area contributed by atoms with Crippen LogP contribution in [0.4, 0.5) is 11.4 Å². The van der Waals surface area contributed by atoms with E-state index in [0.717, 1.165) is 21.7 Å². The summed E-state index contributed by atoms with van der Waals surface area (Å²) in [6.45, 7) is 1.97. The molecule has 0 unspecified atom stereocenters. The van der Waals surface area contributed by atoms with Gasteiger partial charge in [0.2, 0.25) is 5.91 Å². The number of aryl methyl sites for hydroxylation is 1. The van der Waals surface area contributed by atoms with Crippen LogP contribution in [0.25, 0.3) is 6.08 Å². The van der Waals surface area contributed by atoms with Gasteiger partial charge in [0.05, 0.1) is 5.75 Å². The third kappa shape index (κ3) is 7.93. The SMILES string of the molecule is Cc1cccc(NC(=O)CSc2cccc(NC(=O)/C(=C/c3ccsc3)NC(=O)c3ccccc3)c2)c1. The van der Waals surface area contributed by atoms with E-state index in [0.29, 0.717) is 11.3 Å². The van der Waals surface area contributed by atoms with E-state index in [4.69, 9.17) is 0 Å². The van der Waals surface area contributed by atoms with Crippen molar-refractivity contribution in [3.63, 3.8) is 0 Å². The smallest absolute Gasteiger partial charge is 0.272 e. The third-order valence-electron chi connectivity index (χ3n) is 5.15. The first kappa shape index (κ1) is 25.9. The Kier molecular flexibility index (Phi) is 8.91. The topological polar surface area (TPSA) is 87.3 Å². The quantitative estimate of drug-likeness (QED) is 0.179. The van der Waals surface area contributed by atoms with Crippen molar-refractivity contribution in [2.45, 2.75) is 11.8 Å². The Morgan fingerprint density at radius 3 is 2.35 bits per heavy atom. The molecular formula is C29H25N3O3S2. The summed E-state index contributed by atoms with van der Waals surface area (Å²) < 4.78 is 0. The van der Waals surface area contributed by atoms with E-state index in [9.17, 15) is 14.4 Å². The maximum absolute atomic E-state index is 13.2. The highest BCUT2D eigenvalue weighted by atomic mass is 32.2. The number of thioether (sulfide) groups is 1. The molecule has 0 fully saturated rings. The molecule has 0 atom stereocenters. The second kappa shape index (κ2) is 12.7. The van der Waals surface area contributed by atoms with E-state index >= 15 is 0 Å². The number of hydrogen-bond acceptors (Lipinski definition) is 5. The van der Waals surface area contributed by atoms with Gasteiger partial charge in [-0.1, -0.05) is 36.4 Å². The number of nitrogens with one attached hydrogen (secondary N) is 3. The van der Waals surface area contributed by atoms with Gasteiger partial charge < -0.3 is 16.0 Å². The van der Waals surface area contributed by atoms with E-state index in [1.807, 2.05) is 60.1 Å². The number of thiophene rings is 1. The molecule has 3 N–H and O–H groups in total. The zero-order chi connectivity index (χ0) is 26.0. The fraction of sp³-hybridized carbons (Fsp3) is 0.0690. The van der Waals surface area contributed by atoms with Gasteiger partial charge in [-0.25, -0.2) is 0 Å². The van der Waals surface area contributed by atoms with Gasteiger partial charge in [-0.2, -0.15) is 11.3 Å². The Bertz CT molecular complexity index is 1420. The third-order valence-corrected chi connectivity index (χ3v) is 6.84. The normalized spacial score (nSPS) is 11.0. The van der Waals surface area contributed by atoms with Crippen molar-refractivity contribution >= 4 is 58.3 Å². The minimum Gasteiger partial charge on any atom is -0.325 e. The van der Waals surface area contributed by atoms with Crippen molar-refractivity contribution in [3.8, 4) is 0 Å². The minimum atomic E-state index is -0.449. The predicted molar refractivity (Wildman–Crippen MR) is 152 cm³/mol. The lowest BCUT2D eigenvalue weighted by molar-refractivity contribution is -0.114. The molecule has 0 aliphatic rings. The molecule has 0 saturated heterocycles. The Labute approximate surface area is 223 Å². The molecule has 0 aliphatic heterocycles. The summed E-state index contributed by atoms with van der Waals surface area (Å²) in [6, 6.07) is 25.5. The number of carbonyl (C=O) groups is 3.